The SMILES string of the molecule is CCCc1ccc(Oc2ccc(/C=C/[C@H](C)CC(C)=O)cn2)cc1. The normalized spacial score (nSPS) is 12.3. The molecule has 0 radical (unpaired) electrons. The standard InChI is InChI=1S/C21H25NO2/c1-4-5-18-8-11-20(12-9-18)24-21-13-10-19(15-22-21)7-6-16(2)14-17(3)23/h6-13,15-16H,4-5,14H2,1-3H3/b7-6+/t16-/m0/s1. The van der Waals surface area contributed by atoms with Crippen molar-refractivity contribution in [3.8, 4) is 11.6 Å². The fourth-order valence-corrected chi connectivity index (χ4v) is 2.48. The van der Waals surface area contributed by atoms with E-state index < -0.39 is 0 Å². The highest BCUT2D eigenvalue weighted by molar-refractivity contribution is 5.76. The second kappa shape index (κ2) is 9.02. The van der Waals surface area contributed by atoms with E-state index in [0.717, 1.165) is 24.2 Å². The molecule has 2 rings (SSSR count). The third-order valence-corrected chi connectivity index (χ3v) is 3.67. The number of Topliss-reactive ketones (excluding diaryl/α,β-unsaturated/α-hetero) is 1. The number of aromatic nitrogens is 1. The number of benzene rings is 1. The summed E-state index contributed by atoms with van der Waals surface area (Å²) in [4.78, 5) is 15.4. The number of hydrogen-bond acceptors (Lipinski definition) is 3. The van der Waals surface area contributed by atoms with Crippen LogP contribution in [-0.4, -0.2) is 10.8 Å². The monoisotopic (exact) mass is 323 g/mol. The first kappa shape index (κ1) is 17.9. The Bertz CT molecular complexity index is 672. The zero-order chi connectivity index (χ0) is 17.4. The van der Waals surface area contributed by atoms with Gasteiger partial charge in [0.25, 0.3) is 0 Å². The summed E-state index contributed by atoms with van der Waals surface area (Å²) >= 11 is 0. The minimum atomic E-state index is 0.207. The highest BCUT2D eigenvalue weighted by Crippen LogP contribution is 2.21. The zero-order valence-electron chi connectivity index (χ0n) is 14.7. The molecule has 0 saturated carbocycles. The molecule has 0 unspecified atom stereocenters. The molecule has 1 atom stereocenters. The van der Waals surface area contributed by atoms with E-state index in [1.54, 1.807) is 13.1 Å². The fourth-order valence-electron chi connectivity index (χ4n) is 2.48. The maximum atomic E-state index is 11.1. The van der Waals surface area contributed by atoms with Gasteiger partial charge in [0, 0.05) is 18.7 Å². The number of nitrogens with zero attached hydrogens (tertiary/aromatic N) is 1. The quantitative estimate of drug-likeness (QED) is 0.648. The summed E-state index contributed by atoms with van der Waals surface area (Å²) in [7, 11) is 0. The Hall–Kier alpha value is -2.42. The van der Waals surface area contributed by atoms with Gasteiger partial charge < -0.3 is 9.53 Å². The van der Waals surface area contributed by atoms with Crippen LogP contribution in [0.2, 0.25) is 0 Å². The van der Waals surface area contributed by atoms with E-state index in [2.05, 4.69) is 24.0 Å². The number of pyridine rings is 1. The minimum absolute atomic E-state index is 0.207. The molecule has 0 aliphatic rings. The van der Waals surface area contributed by atoms with Gasteiger partial charge in [-0.05, 0) is 48.6 Å². The van der Waals surface area contributed by atoms with Gasteiger partial charge in [0.15, 0.2) is 0 Å². The van der Waals surface area contributed by atoms with Crippen LogP contribution in [0.1, 0.15) is 44.7 Å². The molecular formula is C21H25NO2. The molecule has 0 fully saturated rings. The van der Waals surface area contributed by atoms with Crippen LogP contribution < -0.4 is 4.74 Å². The van der Waals surface area contributed by atoms with E-state index in [9.17, 15) is 4.79 Å². The summed E-state index contributed by atoms with van der Waals surface area (Å²) < 4.78 is 5.76. The first-order valence-electron chi connectivity index (χ1n) is 8.47. The van der Waals surface area contributed by atoms with Gasteiger partial charge in [0.1, 0.15) is 11.5 Å². The summed E-state index contributed by atoms with van der Waals surface area (Å²) in [5.41, 5.74) is 2.31. The summed E-state index contributed by atoms with van der Waals surface area (Å²) in [6.07, 6.45) is 8.59. The zero-order valence-corrected chi connectivity index (χ0v) is 14.7. The lowest BCUT2D eigenvalue weighted by atomic mass is 10.0. The van der Waals surface area contributed by atoms with Crippen LogP contribution in [0, 0.1) is 5.92 Å². The molecule has 1 aromatic carbocycles. The molecule has 0 aliphatic heterocycles. The number of allylic oxidation sites excluding steroid dienone is 1. The van der Waals surface area contributed by atoms with Crippen LogP contribution in [0.3, 0.4) is 0 Å². The van der Waals surface area contributed by atoms with Gasteiger partial charge in [0.2, 0.25) is 5.88 Å². The Balaban J connectivity index is 1.94. The third-order valence-electron chi connectivity index (χ3n) is 3.67. The number of aryl methyl sites for hydroxylation is 1. The summed E-state index contributed by atoms with van der Waals surface area (Å²) in [6.45, 7) is 5.82. The van der Waals surface area contributed by atoms with Gasteiger partial charge in [-0.15, -0.1) is 0 Å². The fraction of sp³-hybridized carbons (Fsp3) is 0.333. The van der Waals surface area contributed by atoms with Crippen LogP contribution >= 0.6 is 0 Å². The Morgan fingerprint density at radius 2 is 1.96 bits per heavy atom. The molecule has 1 aromatic heterocycles. The molecule has 0 N–H and O–H groups in total. The van der Waals surface area contributed by atoms with Crippen LogP contribution in [0.25, 0.3) is 6.08 Å². The van der Waals surface area contributed by atoms with E-state index in [1.807, 2.05) is 43.3 Å². The van der Waals surface area contributed by atoms with Crippen LogP contribution in [0.5, 0.6) is 11.6 Å². The number of rotatable bonds is 8. The molecular weight excluding hydrogens is 298 g/mol. The van der Waals surface area contributed by atoms with Gasteiger partial charge in [-0.2, -0.15) is 0 Å². The van der Waals surface area contributed by atoms with Crippen molar-refractivity contribution in [3.63, 3.8) is 0 Å². The van der Waals surface area contributed by atoms with Crippen molar-refractivity contribution < 1.29 is 9.53 Å². The number of ether oxygens (including phenoxy) is 1. The predicted molar refractivity (Wildman–Crippen MR) is 98.2 cm³/mol. The summed E-state index contributed by atoms with van der Waals surface area (Å²) in [5.74, 6) is 1.81. The second-order valence-corrected chi connectivity index (χ2v) is 6.17. The molecule has 126 valence electrons. The van der Waals surface area contributed by atoms with E-state index in [-0.39, 0.29) is 11.7 Å². The molecule has 3 nitrogen and oxygen atoms in total. The van der Waals surface area contributed by atoms with Crippen molar-refractivity contribution in [2.24, 2.45) is 5.92 Å². The largest absolute Gasteiger partial charge is 0.439 e. The van der Waals surface area contributed by atoms with E-state index in [1.165, 1.54) is 5.56 Å². The highest BCUT2D eigenvalue weighted by Gasteiger charge is 2.02. The van der Waals surface area contributed by atoms with Gasteiger partial charge in [-0.25, -0.2) is 4.98 Å². The molecule has 0 aliphatic carbocycles. The van der Waals surface area contributed by atoms with Crippen molar-refractivity contribution >= 4 is 11.9 Å². The second-order valence-electron chi connectivity index (χ2n) is 6.17. The maximum absolute atomic E-state index is 11.1. The smallest absolute Gasteiger partial charge is 0.219 e. The molecule has 0 amide bonds. The van der Waals surface area contributed by atoms with E-state index >= 15 is 0 Å². The molecule has 0 spiro atoms. The summed E-state index contributed by atoms with van der Waals surface area (Å²) in [6, 6.07) is 12.0. The van der Waals surface area contributed by atoms with Crippen molar-refractivity contribution in [1.82, 2.24) is 4.98 Å². The minimum Gasteiger partial charge on any atom is -0.439 e. The molecule has 24 heavy (non-hydrogen) atoms. The first-order valence-corrected chi connectivity index (χ1v) is 8.47. The maximum Gasteiger partial charge on any atom is 0.219 e. The van der Waals surface area contributed by atoms with Crippen molar-refractivity contribution in [3.05, 3.63) is 59.8 Å². The van der Waals surface area contributed by atoms with Crippen LogP contribution in [0.4, 0.5) is 0 Å². The van der Waals surface area contributed by atoms with Gasteiger partial charge in [-0.3, -0.25) is 0 Å². The Kier molecular flexibility index (Phi) is 6.74. The number of carbonyl (C=O) groups is 1. The highest BCUT2D eigenvalue weighted by atomic mass is 16.5. The van der Waals surface area contributed by atoms with Crippen LogP contribution in [-0.2, 0) is 11.2 Å². The lowest BCUT2D eigenvalue weighted by Crippen LogP contribution is -1.97. The Morgan fingerprint density at radius 3 is 2.54 bits per heavy atom. The molecule has 1 heterocycles. The lowest BCUT2D eigenvalue weighted by Gasteiger charge is -2.06. The molecule has 0 saturated heterocycles. The number of hydrogen-bond donors (Lipinski definition) is 0. The predicted octanol–water partition coefficient (Wildman–Crippen LogP) is 5.45. The van der Waals surface area contributed by atoms with Crippen LogP contribution in [0.15, 0.2) is 48.7 Å². The van der Waals surface area contributed by atoms with Gasteiger partial charge >= 0.3 is 0 Å². The first-order chi connectivity index (χ1) is 11.6. The summed E-state index contributed by atoms with van der Waals surface area (Å²) in [5, 5.41) is 0. The number of ketones is 1. The average molecular weight is 323 g/mol. The molecule has 0 bridgehead atoms. The number of carbonyl (C=O) groups excluding carboxylic acids is 1. The van der Waals surface area contributed by atoms with Crippen molar-refractivity contribution in [2.45, 2.75) is 40.0 Å². The topological polar surface area (TPSA) is 39.2 Å². The average Bonchev–Trinajstić information content (AvgIpc) is 2.56. The van der Waals surface area contributed by atoms with E-state index in [4.69, 9.17) is 4.74 Å². The van der Waals surface area contributed by atoms with E-state index in [0.29, 0.717) is 12.3 Å². The van der Waals surface area contributed by atoms with Gasteiger partial charge in [-0.1, -0.05) is 44.6 Å². The van der Waals surface area contributed by atoms with Gasteiger partial charge in [0.05, 0.1) is 0 Å². The molecule has 2 aromatic rings. The Labute approximate surface area is 144 Å². The molecule has 3 heteroatoms. The van der Waals surface area contributed by atoms with Crippen molar-refractivity contribution in [1.29, 1.82) is 0 Å². The Morgan fingerprint density at radius 1 is 1.21 bits per heavy atom. The van der Waals surface area contributed by atoms with Crippen molar-refractivity contribution in [2.75, 3.05) is 0 Å². The third kappa shape index (κ3) is 5.99. The lowest BCUT2D eigenvalue weighted by molar-refractivity contribution is -0.117.